The van der Waals surface area contributed by atoms with Crippen LogP contribution in [0.3, 0.4) is 0 Å². The van der Waals surface area contributed by atoms with Crippen LogP contribution in [0, 0.1) is 0 Å². The fourth-order valence-corrected chi connectivity index (χ4v) is 4.59. The summed E-state index contributed by atoms with van der Waals surface area (Å²) in [6.45, 7) is -1.32. The van der Waals surface area contributed by atoms with Crippen molar-refractivity contribution in [3.8, 4) is 0 Å². The normalized spacial score (nSPS) is 19.5. The smallest absolute Gasteiger partial charge is 0.417 e. The number of carbonyl (C=O) groups excluding carboxylic acids is 4. The predicted octanol–water partition coefficient (Wildman–Crippen LogP) is 2.59. The maximum absolute atomic E-state index is 12.6. The molecule has 190 valence electrons. The van der Waals surface area contributed by atoms with Crippen LogP contribution >= 0.6 is 8.25 Å². The summed E-state index contributed by atoms with van der Waals surface area (Å²) in [7, 11) is -3.27. The first-order valence-electron chi connectivity index (χ1n) is 11.3. The van der Waals surface area contributed by atoms with Gasteiger partial charge in [-0.3, -0.25) is 14.2 Å². The second-order valence-electron chi connectivity index (χ2n) is 8.20. The topological polar surface area (TPSA) is 129 Å². The quantitative estimate of drug-likeness (QED) is 0.438. The molecule has 0 aliphatic carbocycles. The van der Waals surface area contributed by atoms with E-state index in [1.54, 1.807) is 0 Å². The van der Waals surface area contributed by atoms with Gasteiger partial charge in [0.2, 0.25) is 0 Å². The van der Waals surface area contributed by atoms with E-state index in [0.29, 0.717) is 12.8 Å². The molecule has 0 unspecified atom stereocenters. The maximum Gasteiger partial charge on any atom is 0.417 e. The van der Waals surface area contributed by atoms with E-state index in [0.717, 1.165) is 20.9 Å². The van der Waals surface area contributed by atoms with Crippen LogP contribution in [0.5, 0.6) is 0 Å². The lowest BCUT2D eigenvalue weighted by Crippen LogP contribution is -2.42. The number of nitrogens with zero attached hydrogens (tertiary/aromatic N) is 2. The summed E-state index contributed by atoms with van der Waals surface area (Å²) >= 11 is 0. The molecule has 36 heavy (non-hydrogen) atoms. The second-order valence-corrected chi connectivity index (χ2v) is 9.27. The minimum Gasteiger partial charge on any atom is -0.447 e. The summed E-state index contributed by atoms with van der Waals surface area (Å²) in [6.07, 6.45) is -0.821. The van der Waals surface area contributed by atoms with Crippen LogP contribution in [-0.2, 0) is 45.5 Å². The minimum absolute atomic E-state index is 0.0374. The average Bonchev–Trinajstić information content (AvgIpc) is 3.43. The first-order valence-corrected chi connectivity index (χ1v) is 12.5. The summed E-state index contributed by atoms with van der Waals surface area (Å²) < 4.78 is 32.1. The zero-order valence-electron chi connectivity index (χ0n) is 19.2. The Hall–Kier alpha value is -3.53. The number of benzene rings is 2. The van der Waals surface area contributed by atoms with Crippen LogP contribution in [0.1, 0.15) is 11.1 Å². The van der Waals surface area contributed by atoms with Gasteiger partial charge in [-0.25, -0.2) is 19.4 Å². The van der Waals surface area contributed by atoms with Crippen LogP contribution in [0.2, 0.25) is 0 Å². The molecular weight excluding hydrogens is 491 g/mol. The molecular formula is C24H25N2O9P. The van der Waals surface area contributed by atoms with Gasteiger partial charge in [0, 0.05) is 0 Å². The van der Waals surface area contributed by atoms with Gasteiger partial charge >= 0.3 is 20.4 Å². The predicted molar refractivity (Wildman–Crippen MR) is 125 cm³/mol. The summed E-state index contributed by atoms with van der Waals surface area (Å²) in [4.78, 5) is 51.1. The van der Waals surface area contributed by atoms with Crippen LogP contribution in [0.4, 0.5) is 9.59 Å². The van der Waals surface area contributed by atoms with Gasteiger partial charge in [0.05, 0.1) is 12.1 Å². The van der Waals surface area contributed by atoms with Gasteiger partial charge < -0.3 is 18.5 Å². The number of amides is 4. The molecule has 2 fully saturated rings. The number of rotatable bonds is 10. The molecule has 2 saturated heterocycles. The van der Waals surface area contributed by atoms with Crippen molar-refractivity contribution in [1.29, 1.82) is 0 Å². The van der Waals surface area contributed by atoms with Gasteiger partial charge in [0.25, 0.3) is 11.8 Å². The monoisotopic (exact) mass is 516 g/mol. The van der Waals surface area contributed by atoms with Crippen molar-refractivity contribution in [2.45, 2.75) is 24.9 Å². The first-order chi connectivity index (χ1) is 17.4. The van der Waals surface area contributed by atoms with E-state index in [1.165, 1.54) is 0 Å². The van der Waals surface area contributed by atoms with Crippen molar-refractivity contribution in [1.82, 2.24) is 9.80 Å². The van der Waals surface area contributed by atoms with Crippen molar-refractivity contribution in [3.05, 3.63) is 71.8 Å². The van der Waals surface area contributed by atoms with Gasteiger partial charge in [0.1, 0.15) is 26.4 Å². The lowest BCUT2D eigenvalue weighted by molar-refractivity contribution is -0.131. The summed E-state index contributed by atoms with van der Waals surface area (Å²) in [6, 6.07) is 17.5. The van der Waals surface area contributed by atoms with Gasteiger partial charge in [0.15, 0.2) is 0 Å². The Morgan fingerprint density at radius 2 is 1.14 bits per heavy atom. The molecule has 0 saturated carbocycles. The molecule has 2 aromatic carbocycles. The zero-order chi connectivity index (χ0) is 25.5. The van der Waals surface area contributed by atoms with Gasteiger partial charge in [-0.2, -0.15) is 0 Å². The van der Waals surface area contributed by atoms with Crippen LogP contribution in [0.25, 0.3) is 0 Å². The van der Waals surface area contributed by atoms with Crippen LogP contribution in [0.15, 0.2) is 60.7 Å². The van der Waals surface area contributed by atoms with Gasteiger partial charge in [-0.15, -0.1) is 0 Å². The number of hydrogen-bond donors (Lipinski definition) is 0. The molecule has 2 aliphatic rings. The molecule has 0 N–H and O–H groups in total. The standard InChI is InChI=1S/C24H25N2O9P/c27-21(25-19(13-32-23(25)29)11-17-7-3-1-4-8-17)15-34-36(31)35-16-22(28)26-20(14-33-24(26)30)12-18-9-5-2-6-10-18/h1-10,19-20,36H,11-16H2/t19-,20-/m0/s1. The highest BCUT2D eigenvalue weighted by Crippen LogP contribution is 2.26. The Kier molecular flexibility index (Phi) is 8.48. The molecule has 11 nitrogen and oxygen atoms in total. The van der Waals surface area contributed by atoms with E-state index in [9.17, 15) is 23.7 Å². The third-order valence-electron chi connectivity index (χ3n) is 5.71. The Morgan fingerprint density at radius 1 is 0.750 bits per heavy atom. The molecule has 2 aromatic rings. The number of ether oxygens (including phenoxy) is 2. The van der Waals surface area contributed by atoms with E-state index < -0.39 is 57.6 Å². The van der Waals surface area contributed by atoms with Crippen molar-refractivity contribution in [2.75, 3.05) is 26.4 Å². The summed E-state index contributed by atoms with van der Waals surface area (Å²) in [5.74, 6) is -1.48. The molecule has 12 heteroatoms. The highest BCUT2D eigenvalue weighted by Gasteiger charge is 2.39. The molecule has 0 radical (unpaired) electrons. The van der Waals surface area contributed by atoms with Gasteiger partial charge in [-0.05, 0) is 24.0 Å². The lowest BCUT2D eigenvalue weighted by Gasteiger charge is -2.20. The number of cyclic esters (lactones) is 2. The Labute approximate surface area is 207 Å². The first kappa shape index (κ1) is 25.6. The van der Waals surface area contributed by atoms with Crippen LogP contribution < -0.4 is 0 Å². The van der Waals surface area contributed by atoms with E-state index in [-0.39, 0.29) is 13.2 Å². The van der Waals surface area contributed by atoms with E-state index in [4.69, 9.17) is 18.5 Å². The Bertz CT molecular complexity index is 1040. The number of hydrogen-bond acceptors (Lipinski definition) is 9. The van der Waals surface area contributed by atoms with Crippen molar-refractivity contribution < 1.29 is 42.3 Å². The molecule has 2 atom stereocenters. The fourth-order valence-electron chi connectivity index (χ4n) is 4.03. The molecule has 4 amide bonds. The molecule has 2 heterocycles. The third-order valence-corrected chi connectivity index (χ3v) is 6.47. The zero-order valence-corrected chi connectivity index (χ0v) is 20.2. The third kappa shape index (κ3) is 6.37. The molecule has 0 spiro atoms. The highest BCUT2D eigenvalue weighted by atomic mass is 31.1. The molecule has 0 bridgehead atoms. The van der Waals surface area contributed by atoms with Crippen molar-refractivity contribution in [2.24, 2.45) is 0 Å². The van der Waals surface area contributed by atoms with E-state index >= 15 is 0 Å². The number of carbonyl (C=O) groups is 4. The Balaban J connectivity index is 1.25. The average molecular weight is 516 g/mol. The second kappa shape index (κ2) is 11.9. The molecule has 2 aliphatic heterocycles. The fraction of sp³-hybridized carbons (Fsp3) is 0.333. The minimum atomic E-state index is -3.27. The van der Waals surface area contributed by atoms with Crippen molar-refractivity contribution >= 4 is 32.3 Å². The highest BCUT2D eigenvalue weighted by molar-refractivity contribution is 7.33. The summed E-state index contributed by atoms with van der Waals surface area (Å²) in [5.41, 5.74) is 1.84. The van der Waals surface area contributed by atoms with Crippen molar-refractivity contribution in [3.63, 3.8) is 0 Å². The SMILES string of the molecule is O=C(CO[PH](=O)OCC(=O)N1C(=O)OC[C@@H]1Cc1ccccc1)N1C(=O)OC[C@@H]1Cc1ccccc1. The number of imide groups is 2. The molecule has 0 aromatic heterocycles. The van der Waals surface area contributed by atoms with E-state index in [1.807, 2.05) is 60.7 Å². The lowest BCUT2D eigenvalue weighted by atomic mass is 10.1. The van der Waals surface area contributed by atoms with Crippen LogP contribution in [-0.4, -0.2) is 72.3 Å². The summed E-state index contributed by atoms with van der Waals surface area (Å²) in [5, 5.41) is 0. The largest absolute Gasteiger partial charge is 0.447 e. The maximum atomic E-state index is 12.6. The van der Waals surface area contributed by atoms with E-state index in [2.05, 4.69) is 0 Å². The van der Waals surface area contributed by atoms with Gasteiger partial charge in [-0.1, -0.05) is 60.7 Å². The molecule has 4 rings (SSSR count). The Morgan fingerprint density at radius 3 is 1.53 bits per heavy atom.